The number of carbonyl (C=O) groups excluding carboxylic acids is 1. The summed E-state index contributed by atoms with van der Waals surface area (Å²) in [6.07, 6.45) is 2.56. The SMILES string of the molecule is COc1ccc(-c2ncc(C(=O)N3CCCC3C(=O)O)cc2-c2ccccc2Cl)c(OC)c1. The maximum atomic E-state index is 13.2. The van der Waals surface area contributed by atoms with E-state index in [1.807, 2.05) is 24.3 Å². The second-order valence-electron chi connectivity index (χ2n) is 7.66. The predicted octanol–water partition coefficient (Wildman–Crippen LogP) is 4.78. The normalized spacial score (nSPS) is 15.4. The first-order valence-corrected chi connectivity index (χ1v) is 10.8. The number of nitrogens with zero attached hydrogens (tertiary/aromatic N) is 2. The summed E-state index contributed by atoms with van der Waals surface area (Å²) in [7, 11) is 3.13. The van der Waals surface area contributed by atoms with Crippen LogP contribution in [0.5, 0.6) is 11.5 Å². The molecule has 0 bridgehead atoms. The van der Waals surface area contributed by atoms with Gasteiger partial charge >= 0.3 is 5.97 Å². The predicted molar refractivity (Wildman–Crippen MR) is 125 cm³/mol. The standard InChI is InChI=1S/C25H23ClN2O5/c1-32-16-9-10-18(22(13-16)33-2)23-19(17-6-3-4-7-20(17)26)12-15(14-27-23)24(29)28-11-5-8-21(28)25(30)31/h3-4,6-7,9-10,12-14,21H,5,8,11H2,1-2H3,(H,30,31). The van der Waals surface area contributed by atoms with Gasteiger partial charge in [-0.25, -0.2) is 4.79 Å². The lowest BCUT2D eigenvalue weighted by molar-refractivity contribution is -0.141. The van der Waals surface area contributed by atoms with Crippen LogP contribution in [0.2, 0.25) is 5.02 Å². The van der Waals surface area contributed by atoms with Gasteiger partial charge in [0, 0.05) is 40.5 Å². The van der Waals surface area contributed by atoms with Crippen LogP contribution in [0.3, 0.4) is 0 Å². The molecule has 0 aliphatic carbocycles. The smallest absolute Gasteiger partial charge is 0.326 e. The zero-order valence-corrected chi connectivity index (χ0v) is 19.0. The molecule has 1 aliphatic rings. The summed E-state index contributed by atoms with van der Waals surface area (Å²) in [6, 6.07) is 13.6. The van der Waals surface area contributed by atoms with E-state index in [-0.39, 0.29) is 5.91 Å². The van der Waals surface area contributed by atoms with Crippen molar-refractivity contribution in [1.82, 2.24) is 9.88 Å². The number of benzene rings is 2. The number of aromatic nitrogens is 1. The van der Waals surface area contributed by atoms with Gasteiger partial charge in [0.1, 0.15) is 17.5 Å². The molecule has 0 spiro atoms. The van der Waals surface area contributed by atoms with Crippen LogP contribution >= 0.6 is 11.6 Å². The van der Waals surface area contributed by atoms with Crippen LogP contribution in [-0.2, 0) is 4.79 Å². The number of halogens is 1. The summed E-state index contributed by atoms with van der Waals surface area (Å²) in [4.78, 5) is 30.8. The molecule has 8 heteroatoms. The largest absolute Gasteiger partial charge is 0.497 e. The number of rotatable bonds is 6. The van der Waals surface area contributed by atoms with Crippen molar-refractivity contribution < 1.29 is 24.2 Å². The van der Waals surface area contributed by atoms with E-state index in [9.17, 15) is 14.7 Å². The Bertz CT molecular complexity index is 1210. The van der Waals surface area contributed by atoms with Gasteiger partial charge in [-0.15, -0.1) is 0 Å². The zero-order valence-electron chi connectivity index (χ0n) is 18.2. The van der Waals surface area contributed by atoms with Gasteiger partial charge in [-0.2, -0.15) is 0 Å². The van der Waals surface area contributed by atoms with Crippen LogP contribution in [-0.4, -0.2) is 53.7 Å². The Morgan fingerprint density at radius 1 is 1.06 bits per heavy atom. The van der Waals surface area contributed by atoms with Gasteiger partial charge in [-0.05, 0) is 37.1 Å². The van der Waals surface area contributed by atoms with Gasteiger partial charge in [0.2, 0.25) is 0 Å². The van der Waals surface area contributed by atoms with Crippen LogP contribution in [0.15, 0.2) is 54.7 Å². The molecule has 1 unspecified atom stereocenters. The topological polar surface area (TPSA) is 89.0 Å². The Morgan fingerprint density at radius 2 is 1.85 bits per heavy atom. The fraction of sp³-hybridized carbons (Fsp3) is 0.240. The molecule has 33 heavy (non-hydrogen) atoms. The molecule has 1 aromatic heterocycles. The molecule has 170 valence electrons. The van der Waals surface area contributed by atoms with Gasteiger partial charge in [0.25, 0.3) is 5.91 Å². The van der Waals surface area contributed by atoms with Gasteiger partial charge in [-0.1, -0.05) is 29.8 Å². The summed E-state index contributed by atoms with van der Waals surface area (Å²) in [6.45, 7) is 0.394. The highest BCUT2D eigenvalue weighted by Gasteiger charge is 2.35. The molecule has 3 aromatic rings. The molecule has 1 aliphatic heterocycles. The van der Waals surface area contributed by atoms with Gasteiger partial charge in [0.15, 0.2) is 0 Å². The molecule has 1 amide bonds. The van der Waals surface area contributed by atoms with Crippen molar-refractivity contribution >= 4 is 23.5 Å². The molecule has 1 N–H and O–H groups in total. The van der Waals surface area contributed by atoms with Crippen molar-refractivity contribution in [3.05, 3.63) is 65.3 Å². The third-order valence-corrected chi connectivity index (χ3v) is 6.09. The summed E-state index contributed by atoms with van der Waals surface area (Å²) < 4.78 is 10.9. The summed E-state index contributed by atoms with van der Waals surface area (Å²) in [5, 5.41) is 9.99. The molecule has 4 rings (SSSR count). The van der Waals surface area contributed by atoms with Crippen LogP contribution in [0, 0.1) is 0 Å². The number of likely N-dealkylation sites (tertiary alicyclic amines) is 1. The maximum absolute atomic E-state index is 13.2. The van der Waals surface area contributed by atoms with Crippen LogP contribution < -0.4 is 9.47 Å². The third-order valence-electron chi connectivity index (χ3n) is 5.76. The van der Waals surface area contributed by atoms with E-state index < -0.39 is 12.0 Å². The summed E-state index contributed by atoms with van der Waals surface area (Å²) in [5.74, 6) is -0.177. The number of carboxylic acid groups (broad SMARTS) is 1. The quantitative estimate of drug-likeness (QED) is 0.562. The Morgan fingerprint density at radius 3 is 2.55 bits per heavy atom. The lowest BCUT2D eigenvalue weighted by Gasteiger charge is -2.22. The van der Waals surface area contributed by atoms with E-state index in [1.54, 1.807) is 38.5 Å². The minimum absolute atomic E-state index is 0.300. The van der Waals surface area contributed by atoms with Gasteiger partial charge in [-0.3, -0.25) is 9.78 Å². The molecule has 2 heterocycles. The number of carboxylic acids is 1. The Labute approximate surface area is 196 Å². The Kier molecular flexibility index (Phi) is 6.51. The first-order valence-electron chi connectivity index (χ1n) is 10.5. The number of aliphatic carboxylic acids is 1. The van der Waals surface area contributed by atoms with Crippen molar-refractivity contribution in [2.45, 2.75) is 18.9 Å². The minimum atomic E-state index is -1.00. The molecule has 2 aromatic carbocycles. The molecule has 7 nitrogen and oxygen atoms in total. The van der Waals surface area contributed by atoms with E-state index >= 15 is 0 Å². The second kappa shape index (κ2) is 9.50. The third kappa shape index (κ3) is 4.36. The van der Waals surface area contributed by atoms with Gasteiger partial charge in [0.05, 0.1) is 25.5 Å². The molecular formula is C25H23ClN2O5. The van der Waals surface area contributed by atoms with E-state index in [2.05, 4.69) is 4.98 Å². The van der Waals surface area contributed by atoms with E-state index in [1.165, 1.54) is 11.1 Å². The number of carbonyl (C=O) groups is 2. The molecule has 1 atom stereocenters. The van der Waals surface area contributed by atoms with Crippen molar-refractivity contribution in [2.24, 2.45) is 0 Å². The van der Waals surface area contributed by atoms with Crippen molar-refractivity contribution in [2.75, 3.05) is 20.8 Å². The average molecular weight is 467 g/mol. The van der Waals surface area contributed by atoms with E-state index in [0.29, 0.717) is 63.9 Å². The average Bonchev–Trinajstić information content (AvgIpc) is 3.33. The van der Waals surface area contributed by atoms with Crippen molar-refractivity contribution in [1.29, 1.82) is 0 Å². The lowest BCUT2D eigenvalue weighted by atomic mass is 9.96. The number of ether oxygens (including phenoxy) is 2. The highest BCUT2D eigenvalue weighted by molar-refractivity contribution is 6.33. The van der Waals surface area contributed by atoms with Crippen LogP contribution in [0.25, 0.3) is 22.4 Å². The fourth-order valence-electron chi connectivity index (χ4n) is 4.11. The highest BCUT2D eigenvalue weighted by atomic mass is 35.5. The lowest BCUT2D eigenvalue weighted by Crippen LogP contribution is -2.40. The maximum Gasteiger partial charge on any atom is 0.326 e. The first-order chi connectivity index (χ1) is 15.9. The minimum Gasteiger partial charge on any atom is -0.497 e. The number of hydrogen-bond acceptors (Lipinski definition) is 5. The Hall–Kier alpha value is -3.58. The fourth-order valence-corrected chi connectivity index (χ4v) is 4.35. The van der Waals surface area contributed by atoms with Crippen molar-refractivity contribution in [3.8, 4) is 33.9 Å². The molecule has 1 saturated heterocycles. The first kappa shape index (κ1) is 22.6. The van der Waals surface area contributed by atoms with Crippen LogP contribution in [0.1, 0.15) is 23.2 Å². The summed E-state index contributed by atoms with van der Waals surface area (Å²) in [5.41, 5.74) is 2.92. The number of pyridine rings is 1. The highest BCUT2D eigenvalue weighted by Crippen LogP contribution is 2.40. The van der Waals surface area contributed by atoms with Crippen molar-refractivity contribution in [3.63, 3.8) is 0 Å². The van der Waals surface area contributed by atoms with E-state index in [0.717, 1.165) is 0 Å². The van der Waals surface area contributed by atoms with Gasteiger partial charge < -0.3 is 19.5 Å². The molecule has 1 fully saturated rings. The van der Waals surface area contributed by atoms with E-state index in [4.69, 9.17) is 21.1 Å². The molecular weight excluding hydrogens is 444 g/mol. The molecule has 0 radical (unpaired) electrons. The van der Waals surface area contributed by atoms with Crippen LogP contribution in [0.4, 0.5) is 0 Å². The number of methoxy groups -OCH3 is 2. The Balaban J connectivity index is 1.86. The number of hydrogen-bond donors (Lipinski definition) is 1. The zero-order chi connectivity index (χ0) is 23.5. The monoisotopic (exact) mass is 466 g/mol. The number of amides is 1. The second-order valence-corrected chi connectivity index (χ2v) is 8.07. The molecule has 0 saturated carbocycles. The summed E-state index contributed by atoms with van der Waals surface area (Å²) >= 11 is 6.51.